The van der Waals surface area contributed by atoms with Gasteiger partial charge in [0.1, 0.15) is 0 Å². The summed E-state index contributed by atoms with van der Waals surface area (Å²) in [5.41, 5.74) is 0. The molecule has 40 heavy (non-hydrogen) atoms. The Balaban J connectivity index is 4.65. The maximum atomic E-state index is 11.1. The monoisotopic (exact) mass is 564 g/mol. The second-order valence-corrected chi connectivity index (χ2v) is 11.5. The summed E-state index contributed by atoms with van der Waals surface area (Å²) in [6.45, 7) is 15.3. The van der Waals surface area contributed by atoms with Crippen molar-refractivity contribution in [2.75, 3.05) is 7.11 Å². The molecular weight excluding hydrogens is 508 g/mol. The lowest BCUT2D eigenvalue weighted by molar-refractivity contribution is -0.134. The van der Waals surface area contributed by atoms with Crippen LogP contribution in [0.25, 0.3) is 0 Å². The minimum absolute atomic E-state index is 0.0183. The van der Waals surface area contributed by atoms with E-state index in [-0.39, 0.29) is 41.9 Å². The molecule has 7 heteroatoms. The molecule has 0 unspecified atom stereocenters. The summed E-state index contributed by atoms with van der Waals surface area (Å²) < 4.78 is 4.52. The summed E-state index contributed by atoms with van der Waals surface area (Å²) in [6, 6.07) is 0. The number of carbonyl (C=O) groups is 1. The van der Waals surface area contributed by atoms with Crippen LogP contribution in [0.5, 0.6) is 0 Å². The van der Waals surface area contributed by atoms with E-state index in [9.17, 15) is 30.3 Å². The van der Waals surface area contributed by atoms with Crippen molar-refractivity contribution in [1.29, 1.82) is 0 Å². The lowest BCUT2D eigenvalue weighted by Crippen LogP contribution is -2.33. The molecule has 0 aromatic carbocycles. The number of esters is 1. The van der Waals surface area contributed by atoms with E-state index in [1.165, 1.54) is 19.3 Å². The number of aliphatic hydroxyl groups excluding tert-OH is 5. The van der Waals surface area contributed by atoms with Gasteiger partial charge in [-0.25, -0.2) is 4.79 Å². The molecule has 0 bridgehead atoms. The first-order chi connectivity index (χ1) is 18.7. The van der Waals surface area contributed by atoms with Gasteiger partial charge in [-0.1, -0.05) is 96.7 Å². The van der Waals surface area contributed by atoms with Gasteiger partial charge in [0.15, 0.2) is 0 Å². The van der Waals surface area contributed by atoms with E-state index < -0.39 is 36.5 Å². The molecule has 0 aliphatic carbocycles. The summed E-state index contributed by atoms with van der Waals surface area (Å²) in [5.74, 6) is -0.884. The SMILES string of the molecule is C=C/C=C\[C@H](C)[C@H](O)[C@H](C)[C@H](O)CC[C@H](C)C[C@H](C)[C@@H](O)[C@@H](C)/C=C\[C@@H](O)C[C@H](O)[C@H](C)/C=C/C=C\C(=O)OC. The standard InChI is InChI=1S/C33H56O7/c1-9-10-13-24(4)33(39)27(7)29(35)19-16-22(2)20-26(6)32(38)25(5)17-18-28(34)21-30(36)23(3)14-11-12-15-31(37)40-8/h9-15,17-18,22-30,32-36,38-39H,1,16,19-21H2,2-8H3/b13-10-,14-11+,15-12-,18-17-/t22-,23+,24-,25-,26-,27+,28+,29+,30-,32-,33-/m0/s1. The Morgan fingerprint density at radius 2 is 1.32 bits per heavy atom. The van der Waals surface area contributed by atoms with Gasteiger partial charge in [0.05, 0.1) is 37.6 Å². The first kappa shape index (κ1) is 38.0. The highest BCUT2D eigenvalue weighted by molar-refractivity contribution is 5.82. The Bertz CT molecular complexity index is 818. The van der Waals surface area contributed by atoms with E-state index in [0.717, 1.165) is 12.8 Å². The van der Waals surface area contributed by atoms with Crippen LogP contribution in [-0.2, 0) is 9.53 Å². The summed E-state index contributed by atoms with van der Waals surface area (Å²) in [7, 11) is 1.30. The molecule has 0 aliphatic rings. The number of methoxy groups -OCH3 is 1. The predicted molar refractivity (Wildman–Crippen MR) is 162 cm³/mol. The number of hydrogen-bond acceptors (Lipinski definition) is 7. The number of carbonyl (C=O) groups excluding carboxylic acids is 1. The average Bonchev–Trinajstić information content (AvgIpc) is 2.93. The zero-order valence-corrected chi connectivity index (χ0v) is 25.6. The summed E-state index contributed by atoms with van der Waals surface area (Å²) in [6.07, 6.45) is 13.8. The highest BCUT2D eigenvalue weighted by Gasteiger charge is 2.27. The largest absolute Gasteiger partial charge is 0.466 e. The van der Waals surface area contributed by atoms with Gasteiger partial charge in [-0.2, -0.15) is 0 Å². The molecule has 7 nitrogen and oxygen atoms in total. The first-order valence-electron chi connectivity index (χ1n) is 14.6. The zero-order valence-electron chi connectivity index (χ0n) is 25.6. The second-order valence-electron chi connectivity index (χ2n) is 11.5. The Morgan fingerprint density at radius 3 is 1.93 bits per heavy atom. The van der Waals surface area contributed by atoms with E-state index in [4.69, 9.17) is 0 Å². The molecule has 0 aromatic heterocycles. The van der Waals surface area contributed by atoms with Crippen molar-refractivity contribution in [1.82, 2.24) is 0 Å². The maximum absolute atomic E-state index is 11.1. The van der Waals surface area contributed by atoms with Crippen molar-refractivity contribution in [2.24, 2.45) is 35.5 Å². The lowest BCUT2D eigenvalue weighted by Gasteiger charge is -2.29. The molecule has 0 fully saturated rings. The molecule has 0 spiro atoms. The van der Waals surface area contributed by atoms with Crippen molar-refractivity contribution in [3.63, 3.8) is 0 Å². The van der Waals surface area contributed by atoms with Gasteiger partial charge in [0.25, 0.3) is 0 Å². The molecule has 5 N–H and O–H groups in total. The quantitative estimate of drug-likeness (QED) is 0.0625. The fourth-order valence-corrected chi connectivity index (χ4v) is 4.73. The maximum Gasteiger partial charge on any atom is 0.330 e. The van der Waals surface area contributed by atoms with E-state index in [1.807, 2.05) is 40.7 Å². The van der Waals surface area contributed by atoms with Crippen molar-refractivity contribution >= 4 is 5.97 Å². The fourth-order valence-electron chi connectivity index (χ4n) is 4.73. The molecule has 0 saturated heterocycles. The highest BCUT2D eigenvalue weighted by Crippen LogP contribution is 2.27. The van der Waals surface area contributed by atoms with Gasteiger partial charge in [-0.3, -0.25) is 0 Å². The number of aliphatic hydroxyl groups is 5. The zero-order chi connectivity index (χ0) is 30.8. The Morgan fingerprint density at radius 1 is 0.725 bits per heavy atom. The molecule has 0 saturated carbocycles. The molecular formula is C33H56O7. The third kappa shape index (κ3) is 15.7. The number of rotatable bonds is 20. The van der Waals surface area contributed by atoms with Crippen molar-refractivity contribution in [3.8, 4) is 0 Å². The molecule has 0 radical (unpaired) electrons. The minimum atomic E-state index is -0.853. The Kier molecular flexibility index (Phi) is 19.7. The molecule has 11 atom stereocenters. The predicted octanol–water partition coefficient (Wildman–Crippen LogP) is 4.75. The topological polar surface area (TPSA) is 127 Å². The average molecular weight is 565 g/mol. The van der Waals surface area contributed by atoms with Crippen LogP contribution >= 0.6 is 0 Å². The molecule has 230 valence electrons. The third-order valence-electron chi connectivity index (χ3n) is 7.77. The summed E-state index contributed by atoms with van der Waals surface area (Å²) >= 11 is 0. The van der Waals surface area contributed by atoms with Crippen molar-refractivity contribution in [3.05, 3.63) is 61.3 Å². The molecule has 0 aromatic rings. The van der Waals surface area contributed by atoms with Gasteiger partial charge in [0.2, 0.25) is 0 Å². The van der Waals surface area contributed by atoms with Crippen molar-refractivity contribution < 1.29 is 35.1 Å². The summed E-state index contributed by atoms with van der Waals surface area (Å²) in [5, 5.41) is 52.7. The van der Waals surface area contributed by atoms with E-state index in [2.05, 4.69) is 18.2 Å². The van der Waals surface area contributed by atoms with Gasteiger partial charge >= 0.3 is 5.97 Å². The highest BCUT2D eigenvalue weighted by atomic mass is 16.5. The van der Waals surface area contributed by atoms with Gasteiger partial charge in [-0.15, -0.1) is 0 Å². The van der Waals surface area contributed by atoms with Crippen LogP contribution in [0, 0.1) is 35.5 Å². The van der Waals surface area contributed by atoms with Crippen LogP contribution in [-0.4, -0.2) is 69.1 Å². The van der Waals surface area contributed by atoms with Crippen LogP contribution in [0.4, 0.5) is 0 Å². The normalized spacial score (nSPS) is 21.1. The van der Waals surface area contributed by atoms with Crippen molar-refractivity contribution in [2.45, 2.75) is 97.7 Å². The van der Waals surface area contributed by atoms with E-state index in [1.54, 1.807) is 36.5 Å². The van der Waals surface area contributed by atoms with Gasteiger partial charge < -0.3 is 30.3 Å². The van der Waals surface area contributed by atoms with Crippen LogP contribution in [0.2, 0.25) is 0 Å². The smallest absolute Gasteiger partial charge is 0.330 e. The fraction of sp³-hybridized carbons (Fsp3) is 0.667. The van der Waals surface area contributed by atoms with Crippen LogP contribution in [0.1, 0.15) is 67.2 Å². The Labute approximate surface area is 242 Å². The van der Waals surface area contributed by atoms with Crippen LogP contribution in [0.15, 0.2) is 61.3 Å². The van der Waals surface area contributed by atoms with Gasteiger partial charge in [0, 0.05) is 36.2 Å². The van der Waals surface area contributed by atoms with E-state index in [0.29, 0.717) is 6.42 Å². The van der Waals surface area contributed by atoms with Crippen LogP contribution in [0.3, 0.4) is 0 Å². The third-order valence-corrected chi connectivity index (χ3v) is 7.77. The Hall–Kier alpha value is -2.03. The molecule has 0 aliphatic heterocycles. The lowest BCUT2D eigenvalue weighted by atomic mass is 9.82. The molecule has 0 amide bonds. The summed E-state index contributed by atoms with van der Waals surface area (Å²) in [4.78, 5) is 11.1. The number of allylic oxidation sites excluding steroid dienone is 4. The van der Waals surface area contributed by atoms with Gasteiger partial charge in [-0.05, 0) is 31.1 Å². The van der Waals surface area contributed by atoms with E-state index >= 15 is 0 Å². The number of hydrogen-bond donors (Lipinski definition) is 5. The first-order valence-corrected chi connectivity index (χ1v) is 14.6. The van der Waals surface area contributed by atoms with Crippen LogP contribution < -0.4 is 0 Å². The minimum Gasteiger partial charge on any atom is -0.466 e. The molecule has 0 heterocycles. The molecule has 0 rings (SSSR count). The second kappa shape index (κ2) is 20.8. The number of ether oxygens (including phenoxy) is 1.